The Labute approximate surface area is 112 Å². The quantitative estimate of drug-likeness (QED) is 0.865. The molecule has 17 heavy (non-hydrogen) atoms. The topological polar surface area (TPSA) is 68.0 Å². The SMILES string of the molecule is Cc1noc(CNC(=O)c2ccc(I)cc2)n1. The number of aryl methyl sites for hydroxylation is 1. The third-order valence-electron chi connectivity index (χ3n) is 2.08. The average molecular weight is 343 g/mol. The van der Waals surface area contributed by atoms with E-state index in [-0.39, 0.29) is 12.5 Å². The van der Waals surface area contributed by atoms with Gasteiger partial charge in [-0.25, -0.2) is 0 Å². The molecule has 0 aliphatic heterocycles. The number of nitrogens with one attached hydrogen (secondary N) is 1. The Morgan fingerprint density at radius 2 is 2.12 bits per heavy atom. The number of hydrogen-bond donors (Lipinski definition) is 1. The number of hydrogen-bond acceptors (Lipinski definition) is 4. The van der Waals surface area contributed by atoms with Gasteiger partial charge in [-0.15, -0.1) is 0 Å². The maximum Gasteiger partial charge on any atom is 0.251 e. The second-order valence-electron chi connectivity index (χ2n) is 3.42. The van der Waals surface area contributed by atoms with Gasteiger partial charge in [0.15, 0.2) is 5.82 Å². The molecule has 0 fully saturated rings. The van der Waals surface area contributed by atoms with Gasteiger partial charge >= 0.3 is 0 Å². The predicted octanol–water partition coefficient (Wildman–Crippen LogP) is 1.91. The van der Waals surface area contributed by atoms with E-state index in [4.69, 9.17) is 4.52 Å². The molecule has 0 bridgehead atoms. The van der Waals surface area contributed by atoms with Crippen LogP contribution in [0, 0.1) is 10.5 Å². The monoisotopic (exact) mass is 343 g/mol. The number of benzene rings is 1. The Bertz CT molecular complexity index is 522. The van der Waals surface area contributed by atoms with Crippen molar-refractivity contribution in [3.63, 3.8) is 0 Å². The highest BCUT2D eigenvalue weighted by Gasteiger charge is 2.07. The van der Waals surface area contributed by atoms with E-state index in [9.17, 15) is 4.79 Å². The Kier molecular flexibility index (Phi) is 3.72. The summed E-state index contributed by atoms with van der Waals surface area (Å²) in [5.74, 6) is 0.808. The Morgan fingerprint density at radius 1 is 1.41 bits per heavy atom. The number of nitrogens with zero attached hydrogens (tertiary/aromatic N) is 2. The Morgan fingerprint density at radius 3 is 2.71 bits per heavy atom. The fourth-order valence-electron chi connectivity index (χ4n) is 1.27. The third-order valence-corrected chi connectivity index (χ3v) is 2.80. The smallest absolute Gasteiger partial charge is 0.251 e. The van der Waals surface area contributed by atoms with E-state index in [1.807, 2.05) is 12.1 Å². The number of aromatic nitrogens is 2. The molecule has 5 nitrogen and oxygen atoms in total. The summed E-state index contributed by atoms with van der Waals surface area (Å²) in [6.45, 7) is 1.97. The highest BCUT2D eigenvalue weighted by molar-refractivity contribution is 14.1. The molecule has 0 spiro atoms. The molecule has 0 unspecified atom stereocenters. The van der Waals surface area contributed by atoms with Crippen LogP contribution in [0.4, 0.5) is 0 Å². The lowest BCUT2D eigenvalue weighted by atomic mass is 10.2. The van der Waals surface area contributed by atoms with Crippen molar-refractivity contribution in [2.75, 3.05) is 0 Å². The zero-order valence-corrected chi connectivity index (χ0v) is 11.3. The molecule has 2 aromatic rings. The van der Waals surface area contributed by atoms with Crippen molar-refractivity contribution in [1.82, 2.24) is 15.5 Å². The van der Waals surface area contributed by atoms with Gasteiger partial charge < -0.3 is 9.84 Å². The lowest BCUT2D eigenvalue weighted by molar-refractivity contribution is 0.0946. The molecule has 1 aromatic heterocycles. The fraction of sp³-hybridized carbons (Fsp3) is 0.182. The molecular formula is C11H10IN3O2. The summed E-state index contributed by atoms with van der Waals surface area (Å²) in [5.41, 5.74) is 0.613. The number of carbonyl (C=O) groups is 1. The fourth-order valence-corrected chi connectivity index (χ4v) is 1.63. The summed E-state index contributed by atoms with van der Waals surface area (Å²) < 4.78 is 5.98. The molecule has 0 saturated carbocycles. The van der Waals surface area contributed by atoms with Crippen LogP contribution >= 0.6 is 22.6 Å². The summed E-state index contributed by atoms with van der Waals surface area (Å²) >= 11 is 2.19. The molecule has 0 saturated heterocycles. The van der Waals surface area contributed by atoms with Gasteiger partial charge in [0.05, 0.1) is 6.54 Å². The van der Waals surface area contributed by atoms with Gasteiger partial charge in [0.25, 0.3) is 5.91 Å². The molecular weight excluding hydrogens is 333 g/mol. The van der Waals surface area contributed by atoms with Gasteiger partial charge in [0, 0.05) is 9.13 Å². The molecule has 0 atom stereocenters. The zero-order chi connectivity index (χ0) is 12.3. The third kappa shape index (κ3) is 3.26. The van der Waals surface area contributed by atoms with Crippen molar-refractivity contribution in [3.8, 4) is 0 Å². The van der Waals surface area contributed by atoms with Crippen molar-refractivity contribution < 1.29 is 9.32 Å². The molecule has 2 rings (SSSR count). The van der Waals surface area contributed by atoms with Gasteiger partial charge in [-0.2, -0.15) is 4.98 Å². The minimum atomic E-state index is -0.155. The van der Waals surface area contributed by atoms with Crippen molar-refractivity contribution in [2.45, 2.75) is 13.5 Å². The van der Waals surface area contributed by atoms with Crippen LogP contribution in [0.1, 0.15) is 22.1 Å². The van der Waals surface area contributed by atoms with Gasteiger partial charge in [0.1, 0.15) is 0 Å². The maximum atomic E-state index is 11.7. The number of carbonyl (C=O) groups excluding carboxylic acids is 1. The first-order valence-electron chi connectivity index (χ1n) is 4.98. The van der Waals surface area contributed by atoms with E-state index in [1.54, 1.807) is 19.1 Å². The van der Waals surface area contributed by atoms with E-state index < -0.39 is 0 Å². The largest absolute Gasteiger partial charge is 0.343 e. The van der Waals surface area contributed by atoms with Crippen LogP contribution in [0.3, 0.4) is 0 Å². The molecule has 0 aliphatic rings. The predicted molar refractivity (Wildman–Crippen MR) is 69.4 cm³/mol. The highest BCUT2D eigenvalue weighted by Crippen LogP contribution is 2.06. The summed E-state index contributed by atoms with van der Waals surface area (Å²) in [6.07, 6.45) is 0. The second-order valence-corrected chi connectivity index (χ2v) is 4.67. The van der Waals surface area contributed by atoms with E-state index in [0.29, 0.717) is 17.3 Å². The van der Waals surface area contributed by atoms with Gasteiger partial charge in [-0.3, -0.25) is 4.79 Å². The number of halogens is 1. The molecule has 0 radical (unpaired) electrons. The van der Waals surface area contributed by atoms with E-state index in [1.165, 1.54) is 0 Å². The summed E-state index contributed by atoms with van der Waals surface area (Å²) in [6, 6.07) is 7.31. The van der Waals surface area contributed by atoms with Crippen LogP contribution in [0.25, 0.3) is 0 Å². The van der Waals surface area contributed by atoms with Crippen LogP contribution in [0.5, 0.6) is 0 Å². The highest BCUT2D eigenvalue weighted by atomic mass is 127. The lowest BCUT2D eigenvalue weighted by Crippen LogP contribution is -2.22. The minimum absolute atomic E-state index is 0.155. The Hall–Kier alpha value is -1.44. The molecule has 1 amide bonds. The van der Waals surface area contributed by atoms with E-state index >= 15 is 0 Å². The molecule has 1 aromatic carbocycles. The standard InChI is InChI=1S/C11H10IN3O2/c1-7-14-10(17-15-7)6-13-11(16)8-2-4-9(12)5-3-8/h2-5H,6H2,1H3,(H,13,16). The summed E-state index contributed by atoms with van der Waals surface area (Å²) in [5, 5.41) is 6.35. The number of amides is 1. The van der Waals surface area contributed by atoms with Crippen LogP contribution in [-0.2, 0) is 6.54 Å². The first-order chi connectivity index (χ1) is 8.15. The lowest BCUT2D eigenvalue weighted by Gasteiger charge is -2.02. The van der Waals surface area contributed by atoms with Crippen LogP contribution in [-0.4, -0.2) is 16.0 Å². The normalized spacial score (nSPS) is 10.2. The molecule has 1 N–H and O–H groups in total. The average Bonchev–Trinajstić information content (AvgIpc) is 2.73. The molecule has 1 heterocycles. The van der Waals surface area contributed by atoms with Crippen molar-refractivity contribution in [3.05, 3.63) is 45.1 Å². The summed E-state index contributed by atoms with van der Waals surface area (Å²) in [4.78, 5) is 15.7. The summed E-state index contributed by atoms with van der Waals surface area (Å²) in [7, 11) is 0. The van der Waals surface area contributed by atoms with Gasteiger partial charge in [0.2, 0.25) is 5.89 Å². The van der Waals surface area contributed by atoms with Gasteiger partial charge in [-0.1, -0.05) is 5.16 Å². The molecule has 88 valence electrons. The first-order valence-corrected chi connectivity index (χ1v) is 6.06. The van der Waals surface area contributed by atoms with Crippen molar-refractivity contribution in [1.29, 1.82) is 0 Å². The van der Waals surface area contributed by atoms with Gasteiger partial charge in [-0.05, 0) is 53.8 Å². The minimum Gasteiger partial charge on any atom is -0.343 e. The molecule has 6 heteroatoms. The zero-order valence-electron chi connectivity index (χ0n) is 9.11. The van der Waals surface area contributed by atoms with Crippen LogP contribution in [0.2, 0.25) is 0 Å². The van der Waals surface area contributed by atoms with Crippen molar-refractivity contribution in [2.24, 2.45) is 0 Å². The maximum absolute atomic E-state index is 11.7. The number of rotatable bonds is 3. The van der Waals surface area contributed by atoms with E-state index in [2.05, 4.69) is 38.0 Å². The van der Waals surface area contributed by atoms with Crippen molar-refractivity contribution >= 4 is 28.5 Å². The first kappa shape index (κ1) is 12.0. The van der Waals surface area contributed by atoms with E-state index in [0.717, 1.165) is 3.57 Å². The Balaban J connectivity index is 1.95. The van der Waals surface area contributed by atoms with Crippen LogP contribution in [0.15, 0.2) is 28.8 Å². The van der Waals surface area contributed by atoms with Crippen LogP contribution < -0.4 is 5.32 Å². The second kappa shape index (κ2) is 5.26. The molecule has 0 aliphatic carbocycles.